The van der Waals surface area contributed by atoms with E-state index in [0.717, 1.165) is 41.8 Å². The summed E-state index contributed by atoms with van der Waals surface area (Å²) in [6, 6.07) is 18.6. The van der Waals surface area contributed by atoms with Gasteiger partial charge >= 0.3 is 0 Å². The minimum Gasteiger partial charge on any atom is -0.373 e. The van der Waals surface area contributed by atoms with Crippen molar-refractivity contribution in [1.82, 2.24) is 0 Å². The molecule has 2 aliphatic heterocycles. The van der Waals surface area contributed by atoms with Crippen LogP contribution in [0.15, 0.2) is 60.7 Å². The van der Waals surface area contributed by atoms with Crippen LogP contribution in [0.25, 0.3) is 0 Å². The lowest BCUT2D eigenvalue weighted by atomic mass is 9.93. The quantitative estimate of drug-likeness (QED) is 0.482. The first-order valence-corrected chi connectivity index (χ1v) is 12.0. The van der Waals surface area contributed by atoms with Gasteiger partial charge in [-0.15, -0.1) is 0 Å². The highest BCUT2D eigenvalue weighted by Crippen LogP contribution is 2.45. The summed E-state index contributed by atoms with van der Waals surface area (Å²) in [5.74, 6) is 0.161. The number of nitrogens with one attached hydrogen (secondary N) is 1. The normalized spacial score (nSPS) is 19.2. The second-order valence-electron chi connectivity index (χ2n) is 9.09. The van der Waals surface area contributed by atoms with E-state index in [1.807, 2.05) is 61.2 Å². The summed E-state index contributed by atoms with van der Waals surface area (Å²) in [6.07, 6.45) is 1.85. The van der Waals surface area contributed by atoms with Crippen LogP contribution in [0.1, 0.15) is 56.4 Å². The predicted octanol–water partition coefficient (Wildman–Crippen LogP) is 6.34. The fourth-order valence-corrected chi connectivity index (χ4v) is 5.23. The maximum atomic E-state index is 13.7. The van der Waals surface area contributed by atoms with Gasteiger partial charge in [0.25, 0.3) is 11.8 Å². The lowest BCUT2D eigenvalue weighted by molar-refractivity contribution is 0.0912. The largest absolute Gasteiger partial charge is 0.373 e. The summed E-state index contributed by atoms with van der Waals surface area (Å²) in [6.45, 7) is 5.18. The standard InChI is InChI=1S/C28H27ClN2O3/c1-17-5-3-4-6-22(17)27(32)30-21-8-9-23(18(2)15-21)28(33)31-13-11-19-12-14-34-26(19)24-16-20(29)7-10-25(24)31/h3-10,15-16,19,26H,11-14H2,1-2H3,(H,30,32)/t19-,26+/m0/s1. The van der Waals surface area contributed by atoms with Gasteiger partial charge in [0, 0.05) is 46.2 Å². The van der Waals surface area contributed by atoms with Crippen LogP contribution in [-0.2, 0) is 4.74 Å². The average Bonchev–Trinajstić information content (AvgIpc) is 3.23. The first-order valence-electron chi connectivity index (χ1n) is 11.6. The van der Waals surface area contributed by atoms with E-state index in [2.05, 4.69) is 5.32 Å². The number of amides is 2. The first-order chi connectivity index (χ1) is 16.4. The van der Waals surface area contributed by atoms with Crippen LogP contribution in [0.2, 0.25) is 5.02 Å². The molecule has 0 spiro atoms. The van der Waals surface area contributed by atoms with Crippen molar-refractivity contribution in [2.24, 2.45) is 5.92 Å². The minimum atomic E-state index is -0.165. The van der Waals surface area contributed by atoms with Crippen molar-refractivity contribution < 1.29 is 14.3 Å². The number of nitrogens with zero attached hydrogens (tertiary/aromatic N) is 1. The Kier molecular flexibility index (Phi) is 6.15. The van der Waals surface area contributed by atoms with Gasteiger partial charge < -0.3 is 15.0 Å². The molecular weight excluding hydrogens is 448 g/mol. The van der Waals surface area contributed by atoms with Crippen molar-refractivity contribution in [3.63, 3.8) is 0 Å². The predicted molar refractivity (Wildman–Crippen MR) is 135 cm³/mol. The summed E-state index contributed by atoms with van der Waals surface area (Å²) in [7, 11) is 0. The van der Waals surface area contributed by atoms with E-state index in [1.165, 1.54) is 0 Å². The molecule has 6 heteroatoms. The molecule has 34 heavy (non-hydrogen) atoms. The number of anilines is 2. The molecule has 2 amide bonds. The van der Waals surface area contributed by atoms with Gasteiger partial charge in [-0.3, -0.25) is 9.59 Å². The van der Waals surface area contributed by atoms with E-state index in [0.29, 0.717) is 34.3 Å². The van der Waals surface area contributed by atoms with Crippen LogP contribution < -0.4 is 10.2 Å². The Bertz CT molecular complexity index is 1270. The molecule has 0 unspecified atom stereocenters. The number of hydrogen-bond donors (Lipinski definition) is 1. The fourth-order valence-electron chi connectivity index (χ4n) is 5.05. The zero-order valence-electron chi connectivity index (χ0n) is 19.3. The maximum absolute atomic E-state index is 13.7. The van der Waals surface area contributed by atoms with Gasteiger partial charge in [-0.05, 0) is 86.2 Å². The monoisotopic (exact) mass is 474 g/mol. The molecule has 1 N–H and O–H groups in total. The third-order valence-electron chi connectivity index (χ3n) is 6.87. The second-order valence-corrected chi connectivity index (χ2v) is 9.52. The van der Waals surface area contributed by atoms with Crippen LogP contribution in [0.4, 0.5) is 11.4 Å². The topological polar surface area (TPSA) is 58.6 Å². The first kappa shape index (κ1) is 22.6. The Labute approximate surface area is 204 Å². The maximum Gasteiger partial charge on any atom is 0.258 e. The van der Waals surface area contributed by atoms with E-state index in [9.17, 15) is 9.59 Å². The van der Waals surface area contributed by atoms with Crippen molar-refractivity contribution >= 4 is 34.8 Å². The molecule has 3 aromatic carbocycles. The zero-order chi connectivity index (χ0) is 23.8. The van der Waals surface area contributed by atoms with Crippen molar-refractivity contribution in [3.05, 3.63) is 93.5 Å². The molecule has 1 saturated heterocycles. The van der Waals surface area contributed by atoms with Gasteiger partial charge in [-0.1, -0.05) is 29.8 Å². The van der Waals surface area contributed by atoms with Crippen LogP contribution >= 0.6 is 11.6 Å². The van der Waals surface area contributed by atoms with Crippen molar-refractivity contribution in [2.45, 2.75) is 32.8 Å². The molecule has 0 aliphatic carbocycles. The Morgan fingerprint density at radius 3 is 2.59 bits per heavy atom. The van der Waals surface area contributed by atoms with E-state index >= 15 is 0 Å². The van der Waals surface area contributed by atoms with E-state index < -0.39 is 0 Å². The number of carbonyl (C=O) groups excluding carboxylic acids is 2. The van der Waals surface area contributed by atoms with Crippen molar-refractivity contribution in [3.8, 4) is 0 Å². The third kappa shape index (κ3) is 4.22. The molecule has 174 valence electrons. The van der Waals surface area contributed by atoms with Crippen LogP contribution in [0, 0.1) is 19.8 Å². The third-order valence-corrected chi connectivity index (χ3v) is 7.11. The number of aryl methyl sites for hydroxylation is 2. The zero-order valence-corrected chi connectivity index (χ0v) is 20.1. The highest BCUT2D eigenvalue weighted by atomic mass is 35.5. The Balaban J connectivity index is 1.41. The number of hydrogen-bond acceptors (Lipinski definition) is 3. The summed E-state index contributed by atoms with van der Waals surface area (Å²) in [4.78, 5) is 28.3. The lowest BCUT2D eigenvalue weighted by Crippen LogP contribution is -2.32. The molecule has 1 fully saturated rings. The number of rotatable bonds is 3. The van der Waals surface area contributed by atoms with Crippen molar-refractivity contribution in [2.75, 3.05) is 23.4 Å². The lowest BCUT2D eigenvalue weighted by Gasteiger charge is -2.25. The summed E-state index contributed by atoms with van der Waals surface area (Å²) in [5.41, 5.74) is 5.48. The van der Waals surface area contributed by atoms with Gasteiger partial charge in [-0.2, -0.15) is 0 Å². The molecule has 5 nitrogen and oxygen atoms in total. The molecule has 2 heterocycles. The molecule has 0 saturated carbocycles. The summed E-state index contributed by atoms with van der Waals surface area (Å²) >= 11 is 6.31. The van der Waals surface area contributed by atoms with Gasteiger partial charge in [0.05, 0.1) is 6.10 Å². The van der Waals surface area contributed by atoms with Gasteiger partial charge in [0.2, 0.25) is 0 Å². The van der Waals surface area contributed by atoms with E-state index in [-0.39, 0.29) is 17.9 Å². The van der Waals surface area contributed by atoms with Gasteiger partial charge in [0.1, 0.15) is 0 Å². The van der Waals surface area contributed by atoms with Crippen LogP contribution in [0.3, 0.4) is 0 Å². The highest BCUT2D eigenvalue weighted by Gasteiger charge is 2.37. The Morgan fingerprint density at radius 1 is 0.971 bits per heavy atom. The molecule has 2 aliphatic rings. The molecule has 0 aromatic heterocycles. The highest BCUT2D eigenvalue weighted by molar-refractivity contribution is 6.30. The van der Waals surface area contributed by atoms with Crippen molar-refractivity contribution in [1.29, 1.82) is 0 Å². The molecule has 5 rings (SSSR count). The Hall–Kier alpha value is -3.15. The molecule has 0 radical (unpaired) electrons. The van der Waals surface area contributed by atoms with Gasteiger partial charge in [0.15, 0.2) is 0 Å². The number of carbonyl (C=O) groups is 2. The molecule has 3 aromatic rings. The average molecular weight is 475 g/mol. The smallest absolute Gasteiger partial charge is 0.258 e. The van der Waals surface area contributed by atoms with E-state index in [4.69, 9.17) is 16.3 Å². The summed E-state index contributed by atoms with van der Waals surface area (Å²) in [5, 5.41) is 3.59. The fraction of sp³-hybridized carbons (Fsp3) is 0.286. The Morgan fingerprint density at radius 2 is 1.79 bits per heavy atom. The number of halogens is 1. The second kappa shape index (κ2) is 9.24. The van der Waals surface area contributed by atoms with Crippen LogP contribution in [-0.4, -0.2) is 25.0 Å². The number of benzene rings is 3. The van der Waals surface area contributed by atoms with E-state index in [1.54, 1.807) is 18.2 Å². The molecule has 2 atom stereocenters. The minimum absolute atomic E-state index is 0.0216. The van der Waals surface area contributed by atoms with Gasteiger partial charge in [-0.25, -0.2) is 0 Å². The summed E-state index contributed by atoms with van der Waals surface area (Å²) < 4.78 is 6.04. The SMILES string of the molecule is Cc1ccccc1C(=O)Nc1ccc(C(=O)N2CC[C@H]3CCO[C@H]3c3cc(Cl)ccc32)c(C)c1. The van der Waals surface area contributed by atoms with Crippen LogP contribution in [0.5, 0.6) is 0 Å². The molecule has 0 bridgehead atoms. The number of ether oxygens (including phenoxy) is 1. The number of fused-ring (bicyclic) bond motifs is 3. The molecular formula is C28H27ClN2O3.